The molecule has 90 valence electrons. The molecule has 0 aromatic heterocycles. The summed E-state index contributed by atoms with van der Waals surface area (Å²) in [7, 11) is 0. The first kappa shape index (κ1) is 11.9. The number of anilines is 1. The van der Waals surface area contributed by atoms with Crippen LogP contribution in [0.5, 0.6) is 0 Å². The van der Waals surface area contributed by atoms with E-state index in [2.05, 4.69) is 24.4 Å². The summed E-state index contributed by atoms with van der Waals surface area (Å²) in [5, 5.41) is 3.23. The number of ketones is 1. The lowest BCUT2D eigenvalue weighted by atomic mass is 10.1. The molecule has 2 heteroatoms. The molecule has 1 aliphatic rings. The fourth-order valence-corrected chi connectivity index (χ4v) is 2.14. The Labute approximate surface area is 103 Å². The molecule has 0 atom stereocenters. The van der Waals surface area contributed by atoms with E-state index in [1.54, 1.807) is 0 Å². The second kappa shape index (κ2) is 5.67. The lowest BCUT2D eigenvalue weighted by Crippen LogP contribution is -2.02. The standard InChI is InChI=1S/C15H19NO/c1-12-6-5-8-14(10-12)16-11-13-7-3-2-4-9-15(13)17/h5-6,8,10-11,16H,2-4,7,9H2,1H3. The normalized spacial score (nSPS) is 19.1. The number of aryl methyl sites for hydroxylation is 1. The van der Waals surface area contributed by atoms with Gasteiger partial charge in [0.1, 0.15) is 0 Å². The second-order valence-corrected chi connectivity index (χ2v) is 4.67. The summed E-state index contributed by atoms with van der Waals surface area (Å²) in [6, 6.07) is 8.18. The zero-order valence-electron chi connectivity index (χ0n) is 10.3. The molecule has 0 heterocycles. The van der Waals surface area contributed by atoms with E-state index >= 15 is 0 Å². The molecule has 0 radical (unpaired) electrons. The summed E-state index contributed by atoms with van der Waals surface area (Å²) in [5.41, 5.74) is 3.22. The van der Waals surface area contributed by atoms with Crippen LogP contribution in [0, 0.1) is 6.92 Å². The van der Waals surface area contributed by atoms with Gasteiger partial charge in [0, 0.05) is 23.9 Å². The van der Waals surface area contributed by atoms with Crippen LogP contribution in [0.2, 0.25) is 0 Å². The van der Waals surface area contributed by atoms with Crippen molar-refractivity contribution in [1.29, 1.82) is 0 Å². The topological polar surface area (TPSA) is 29.1 Å². The molecule has 0 bridgehead atoms. The summed E-state index contributed by atoms with van der Waals surface area (Å²) < 4.78 is 0. The molecule has 1 fully saturated rings. The summed E-state index contributed by atoms with van der Waals surface area (Å²) in [4.78, 5) is 11.8. The summed E-state index contributed by atoms with van der Waals surface area (Å²) in [6.45, 7) is 2.06. The summed E-state index contributed by atoms with van der Waals surface area (Å²) in [6.07, 6.45) is 6.86. The lowest BCUT2D eigenvalue weighted by Gasteiger charge is -2.05. The molecule has 2 nitrogen and oxygen atoms in total. The molecule has 0 aliphatic heterocycles. The lowest BCUT2D eigenvalue weighted by molar-refractivity contribution is -0.115. The Morgan fingerprint density at radius 1 is 1.18 bits per heavy atom. The minimum absolute atomic E-state index is 0.308. The highest BCUT2D eigenvalue weighted by Crippen LogP contribution is 2.19. The van der Waals surface area contributed by atoms with Crippen LogP contribution in [0.15, 0.2) is 36.0 Å². The van der Waals surface area contributed by atoms with Gasteiger partial charge in [0.05, 0.1) is 0 Å². The molecule has 0 spiro atoms. The van der Waals surface area contributed by atoms with Crippen molar-refractivity contribution >= 4 is 11.5 Å². The van der Waals surface area contributed by atoms with E-state index in [9.17, 15) is 4.79 Å². The van der Waals surface area contributed by atoms with Crippen LogP contribution >= 0.6 is 0 Å². The first-order valence-electron chi connectivity index (χ1n) is 6.31. The van der Waals surface area contributed by atoms with Crippen LogP contribution in [-0.2, 0) is 4.79 Å². The van der Waals surface area contributed by atoms with Crippen molar-refractivity contribution in [2.75, 3.05) is 5.32 Å². The number of hydrogen-bond donors (Lipinski definition) is 1. The van der Waals surface area contributed by atoms with Crippen molar-refractivity contribution in [3.05, 3.63) is 41.6 Å². The Kier molecular flexibility index (Phi) is 3.97. The van der Waals surface area contributed by atoms with Crippen molar-refractivity contribution in [2.24, 2.45) is 0 Å². The van der Waals surface area contributed by atoms with Gasteiger partial charge >= 0.3 is 0 Å². The number of benzene rings is 1. The van der Waals surface area contributed by atoms with Crippen molar-refractivity contribution < 1.29 is 4.79 Å². The third-order valence-electron chi connectivity index (χ3n) is 3.14. The number of rotatable bonds is 2. The van der Waals surface area contributed by atoms with Crippen LogP contribution in [0.4, 0.5) is 5.69 Å². The average molecular weight is 229 g/mol. The largest absolute Gasteiger partial charge is 0.361 e. The van der Waals surface area contributed by atoms with Gasteiger partial charge in [-0.05, 0) is 43.9 Å². The minimum Gasteiger partial charge on any atom is -0.361 e. The van der Waals surface area contributed by atoms with E-state index in [-0.39, 0.29) is 0 Å². The minimum atomic E-state index is 0.308. The molecule has 1 N–H and O–H groups in total. The molecule has 17 heavy (non-hydrogen) atoms. The highest BCUT2D eigenvalue weighted by molar-refractivity contribution is 5.95. The monoisotopic (exact) mass is 229 g/mol. The zero-order valence-corrected chi connectivity index (χ0v) is 10.3. The Bertz CT molecular complexity index is 434. The van der Waals surface area contributed by atoms with E-state index in [0.717, 1.165) is 30.5 Å². The third-order valence-corrected chi connectivity index (χ3v) is 3.14. The molecule has 2 rings (SSSR count). The number of carbonyl (C=O) groups excluding carboxylic acids is 1. The maximum Gasteiger partial charge on any atom is 0.160 e. The van der Waals surface area contributed by atoms with Gasteiger partial charge < -0.3 is 5.32 Å². The predicted octanol–water partition coefficient (Wildman–Crippen LogP) is 3.82. The molecule has 1 aromatic carbocycles. The first-order chi connectivity index (χ1) is 8.25. The van der Waals surface area contributed by atoms with E-state index in [1.807, 2.05) is 18.3 Å². The van der Waals surface area contributed by atoms with Crippen LogP contribution in [0.3, 0.4) is 0 Å². The molecular weight excluding hydrogens is 210 g/mol. The van der Waals surface area contributed by atoms with Gasteiger partial charge in [-0.15, -0.1) is 0 Å². The van der Waals surface area contributed by atoms with Gasteiger partial charge in [-0.2, -0.15) is 0 Å². The van der Waals surface area contributed by atoms with Gasteiger partial charge in [-0.25, -0.2) is 0 Å². The van der Waals surface area contributed by atoms with E-state index in [4.69, 9.17) is 0 Å². The molecular formula is C15H19NO. The molecule has 1 saturated carbocycles. The molecule has 0 saturated heterocycles. The SMILES string of the molecule is Cc1cccc(NC=C2CCCCCC2=O)c1. The summed E-state index contributed by atoms with van der Waals surface area (Å²) >= 11 is 0. The van der Waals surface area contributed by atoms with E-state index < -0.39 is 0 Å². The Balaban J connectivity index is 2.06. The maximum atomic E-state index is 11.8. The van der Waals surface area contributed by atoms with Crippen molar-refractivity contribution in [1.82, 2.24) is 0 Å². The molecule has 0 unspecified atom stereocenters. The number of carbonyl (C=O) groups is 1. The smallest absolute Gasteiger partial charge is 0.160 e. The van der Waals surface area contributed by atoms with E-state index in [0.29, 0.717) is 12.2 Å². The average Bonchev–Trinajstić information content (AvgIpc) is 2.52. The highest BCUT2D eigenvalue weighted by atomic mass is 16.1. The van der Waals surface area contributed by atoms with Crippen LogP contribution in [-0.4, -0.2) is 5.78 Å². The zero-order chi connectivity index (χ0) is 12.1. The van der Waals surface area contributed by atoms with Gasteiger partial charge in [-0.3, -0.25) is 4.79 Å². The van der Waals surface area contributed by atoms with E-state index in [1.165, 1.54) is 12.0 Å². The number of nitrogens with one attached hydrogen (secondary N) is 1. The predicted molar refractivity (Wildman–Crippen MR) is 71.0 cm³/mol. The van der Waals surface area contributed by atoms with Crippen molar-refractivity contribution in [3.8, 4) is 0 Å². The third kappa shape index (κ3) is 3.45. The molecule has 0 amide bonds. The van der Waals surface area contributed by atoms with Crippen LogP contribution < -0.4 is 5.32 Å². The van der Waals surface area contributed by atoms with Gasteiger partial charge in [0.15, 0.2) is 5.78 Å². The second-order valence-electron chi connectivity index (χ2n) is 4.67. The first-order valence-corrected chi connectivity index (χ1v) is 6.31. The van der Waals surface area contributed by atoms with Crippen molar-refractivity contribution in [2.45, 2.75) is 39.0 Å². The highest BCUT2D eigenvalue weighted by Gasteiger charge is 2.12. The number of hydrogen-bond acceptors (Lipinski definition) is 2. The number of allylic oxidation sites excluding steroid dienone is 1. The van der Waals surface area contributed by atoms with Crippen LogP contribution in [0.25, 0.3) is 0 Å². The summed E-state index contributed by atoms with van der Waals surface area (Å²) in [5.74, 6) is 0.308. The fraction of sp³-hybridized carbons (Fsp3) is 0.400. The maximum absolute atomic E-state index is 11.8. The Morgan fingerprint density at radius 2 is 2.00 bits per heavy atom. The molecule has 1 aromatic rings. The van der Waals surface area contributed by atoms with Crippen LogP contribution in [0.1, 0.15) is 37.7 Å². The Morgan fingerprint density at radius 3 is 2.82 bits per heavy atom. The van der Waals surface area contributed by atoms with Gasteiger partial charge in [0.25, 0.3) is 0 Å². The molecule has 1 aliphatic carbocycles. The van der Waals surface area contributed by atoms with Crippen molar-refractivity contribution in [3.63, 3.8) is 0 Å². The number of Topliss-reactive ketones (excluding diaryl/α,β-unsaturated/α-hetero) is 1. The van der Waals surface area contributed by atoms with Gasteiger partial charge in [0.2, 0.25) is 0 Å². The quantitative estimate of drug-likeness (QED) is 0.617. The van der Waals surface area contributed by atoms with Gasteiger partial charge in [-0.1, -0.05) is 18.6 Å². The Hall–Kier alpha value is -1.57. The fourth-order valence-electron chi connectivity index (χ4n) is 2.14.